The molecule has 2 N–H and O–H groups in total. The van der Waals surface area contributed by atoms with Gasteiger partial charge >= 0.3 is 0 Å². The smallest absolute Gasteiger partial charge is 0.223 e. The highest BCUT2D eigenvalue weighted by molar-refractivity contribution is 5.79. The maximum Gasteiger partial charge on any atom is 0.223 e. The molecule has 0 unspecified atom stereocenters. The standard InChI is InChI=1S/C18H25N3O/c22-18(15-5-2-1-3-6-15)21-13-16-7-4-10-20-17(16)14-8-11-19-12-9-14/h4,7-8,10,15,19H,1-3,5-6,9,11-13H2,(H,21,22). The topological polar surface area (TPSA) is 54.0 Å². The van der Waals surface area contributed by atoms with Gasteiger partial charge in [-0.3, -0.25) is 9.78 Å². The fourth-order valence-electron chi connectivity index (χ4n) is 3.40. The molecule has 0 radical (unpaired) electrons. The average Bonchev–Trinajstić information content (AvgIpc) is 2.61. The third-order valence-electron chi connectivity index (χ3n) is 4.69. The zero-order chi connectivity index (χ0) is 15.2. The van der Waals surface area contributed by atoms with Crippen molar-refractivity contribution in [1.82, 2.24) is 15.6 Å². The number of aromatic nitrogens is 1. The Kier molecular flexibility index (Phi) is 5.22. The molecule has 1 saturated carbocycles. The van der Waals surface area contributed by atoms with E-state index in [-0.39, 0.29) is 11.8 Å². The van der Waals surface area contributed by atoms with Crippen LogP contribution in [0.15, 0.2) is 24.4 Å². The van der Waals surface area contributed by atoms with Crippen molar-refractivity contribution in [3.63, 3.8) is 0 Å². The van der Waals surface area contributed by atoms with Crippen LogP contribution in [0.2, 0.25) is 0 Å². The summed E-state index contributed by atoms with van der Waals surface area (Å²) < 4.78 is 0. The molecule has 1 aromatic rings. The maximum atomic E-state index is 12.3. The summed E-state index contributed by atoms with van der Waals surface area (Å²) in [5.41, 5.74) is 3.47. The van der Waals surface area contributed by atoms with Crippen LogP contribution in [-0.2, 0) is 11.3 Å². The third kappa shape index (κ3) is 3.74. The minimum Gasteiger partial charge on any atom is -0.352 e. The number of nitrogens with zero attached hydrogens (tertiary/aromatic N) is 1. The summed E-state index contributed by atoms with van der Waals surface area (Å²) in [5.74, 6) is 0.431. The van der Waals surface area contributed by atoms with Crippen molar-refractivity contribution in [1.29, 1.82) is 0 Å². The van der Waals surface area contributed by atoms with Gasteiger partial charge in [-0.05, 0) is 43.0 Å². The van der Waals surface area contributed by atoms with Crippen LogP contribution in [-0.4, -0.2) is 24.0 Å². The molecule has 0 aromatic carbocycles. The Morgan fingerprint density at radius 1 is 1.32 bits per heavy atom. The predicted molar refractivity (Wildman–Crippen MR) is 88.1 cm³/mol. The summed E-state index contributed by atoms with van der Waals surface area (Å²) >= 11 is 0. The van der Waals surface area contributed by atoms with Crippen molar-refractivity contribution >= 4 is 11.5 Å². The second-order valence-corrected chi connectivity index (χ2v) is 6.25. The lowest BCUT2D eigenvalue weighted by molar-refractivity contribution is -0.126. The monoisotopic (exact) mass is 299 g/mol. The van der Waals surface area contributed by atoms with E-state index in [9.17, 15) is 4.79 Å². The molecule has 0 saturated heterocycles. The van der Waals surface area contributed by atoms with E-state index in [1.807, 2.05) is 12.3 Å². The molecule has 1 amide bonds. The van der Waals surface area contributed by atoms with E-state index >= 15 is 0 Å². The molecule has 1 aliphatic heterocycles. The summed E-state index contributed by atoms with van der Waals surface area (Å²) in [6.45, 7) is 2.49. The number of hydrogen-bond donors (Lipinski definition) is 2. The Hall–Kier alpha value is -1.68. The van der Waals surface area contributed by atoms with Crippen LogP contribution < -0.4 is 10.6 Å². The molecule has 0 spiro atoms. The molecule has 22 heavy (non-hydrogen) atoms. The number of carbonyl (C=O) groups is 1. The highest BCUT2D eigenvalue weighted by atomic mass is 16.1. The molecule has 1 aromatic heterocycles. The quantitative estimate of drug-likeness (QED) is 0.898. The highest BCUT2D eigenvalue weighted by Crippen LogP contribution is 2.24. The molecule has 3 rings (SSSR count). The molecule has 118 valence electrons. The lowest BCUT2D eigenvalue weighted by Crippen LogP contribution is -2.32. The lowest BCUT2D eigenvalue weighted by atomic mass is 9.88. The maximum absolute atomic E-state index is 12.3. The predicted octanol–water partition coefficient (Wildman–Crippen LogP) is 2.65. The number of nitrogens with one attached hydrogen (secondary N) is 2. The van der Waals surface area contributed by atoms with E-state index in [0.29, 0.717) is 6.54 Å². The van der Waals surface area contributed by atoms with Gasteiger partial charge in [0, 0.05) is 25.2 Å². The summed E-state index contributed by atoms with van der Waals surface area (Å²) in [6.07, 6.45) is 10.8. The van der Waals surface area contributed by atoms with E-state index in [1.165, 1.54) is 24.8 Å². The lowest BCUT2D eigenvalue weighted by Gasteiger charge is -2.21. The van der Waals surface area contributed by atoms with Gasteiger partial charge in [0.2, 0.25) is 5.91 Å². The van der Waals surface area contributed by atoms with E-state index in [2.05, 4.69) is 27.8 Å². The molecule has 2 heterocycles. The van der Waals surface area contributed by atoms with Gasteiger partial charge in [0.15, 0.2) is 0 Å². The van der Waals surface area contributed by atoms with Crippen LogP contribution in [0.25, 0.3) is 5.57 Å². The number of amides is 1. The SMILES string of the molecule is O=C(NCc1cccnc1C1=CCNCC1)C1CCCCC1. The van der Waals surface area contributed by atoms with Crippen molar-refractivity contribution in [2.24, 2.45) is 5.92 Å². The molecule has 0 atom stereocenters. The highest BCUT2D eigenvalue weighted by Gasteiger charge is 2.21. The summed E-state index contributed by atoms with van der Waals surface area (Å²) in [6, 6.07) is 4.03. The molecule has 4 heteroatoms. The Labute approximate surface area is 132 Å². The Morgan fingerprint density at radius 2 is 2.18 bits per heavy atom. The van der Waals surface area contributed by atoms with Gasteiger partial charge in [0.25, 0.3) is 0 Å². The first-order valence-corrected chi connectivity index (χ1v) is 8.46. The van der Waals surface area contributed by atoms with E-state index in [4.69, 9.17) is 0 Å². The Balaban J connectivity index is 1.64. The van der Waals surface area contributed by atoms with E-state index < -0.39 is 0 Å². The van der Waals surface area contributed by atoms with Crippen molar-refractivity contribution in [3.8, 4) is 0 Å². The van der Waals surface area contributed by atoms with Crippen molar-refractivity contribution in [3.05, 3.63) is 35.7 Å². The van der Waals surface area contributed by atoms with Gasteiger partial charge in [0.05, 0.1) is 5.69 Å². The summed E-state index contributed by atoms with van der Waals surface area (Å²) in [7, 11) is 0. The normalized spacial score (nSPS) is 19.5. The molecule has 1 fully saturated rings. The summed E-state index contributed by atoms with van der Waals surface area (Å²) in [5, 5.41) is 6.45. The van der Waals surface area contributed by atoms with Gasteiger partial charge in [-0.2, -0.15) is 0 Å². The number of hydrogen-bond acceptors (Lipinski definition) is 3. The Morgan fingerprint density at radius 3 is 2.95 bits per heavy atom. The second kappa shape index (κ2) is 7.54. The molecule has 2 aliphatic rings. The van der Waals surface area contributed by atoms with Gasteiger partial charge in [-0.25, -0.2) is 0 Å². The van der Waals surface area contributed by atoms with Crippen LogP contribution in [0.4, 0.5) is 0 Å². The fraction of sp³-hybridized carbons (Fsp3) is 0.556. The van der Waals surface area contributed by atoms with Crippen LogP contribution in [0.5, 0.6) is 0 Å². The van der Waals surface area contributed by atoms with Crippen LogP contribution in [0.3, 0.4) is 0 Å². The third-order valence-corrected chi connectivity index (χ3v) is 4.69. The van der Waals surface area contributed by atoms with Gasteiger partial charge in [-0.1, -0.05) is 31.4 Å². The zero-order valence-electron chi connectivity index (χ0n) is 13.1. The van der Waals surface area contributed by atoms with E-state index in [0.717, 1.165) is 43.6 Å². The van der Waals surface area contributed by atoms with Gasteiger partial charge in [-0.15, -0.1) is 0 Å². The van der Waals surface area contributed by atoms with Crippen LogP contribution in [0.1, 0.15) is 49.8 Å². The molecule has 4 nitrogen and oxygen atoms in total. The minimum atomic E-state index is 0.215. The number of carbonyl (C=O) groups excluding carboxylic acids is 1. The molecule has 0 bridgehead atoms. The molecular formula is C18H25N3O. The first-order chi connectivity index (χ1) is 10.8. The van der Waals surface area contributed by atoms with Crippen molar-refractivity contribution in [2.45, 2.75) is 45.1 Å². The second-order valence-electron chi connectivity index (χ2n) is 6.25. The van der Waals surface area contributed by atoms with Crippen LogP contribution >= 0.6 is 0 Å². The fourth-order valence-corrected chi connectivity index (χ4v) is 3.40. The molecular weight excluding hydrogens is 274 g/mol. The first-order valence-electron chi connectivity index (χ1n) is 8.46. The number of rotatable bonds is 4. The molecule has 1 aliphatic carbocycles. The Bertz CT molecular complexity index is 547. The zero-order valence-corrected chi connectivity index (χ0v) is 13.1. The largest absolute Gasteiger partial charge is 0.352 e. The van der Waals surface area contributed by atoms with E-state index in [1.54, 1.807) is 0 Å². The minimum absolute atomic E-state index is 0.215. The summed E-state index contributed by atoms with van der Waals surface area (Å²) in [4.78, 5) is 16.8. The van der Waals surface area contributed by atoms with Crippen LogP contribution in [0, 0.1) is 5.92 Å². The number of pyridine rings is 1. The van der Waals surface area contributed by atoms with Crippen molar-refractivity contribution < 1.29 is 4.79 Å². The average molecular weight is 299 g/mol. The van der Waals surface area contributed by atoms with Gasteiger partial charge in [0.1, 0.15) is 0 Å². The van der Waals surface area contributed by atoms with Gasteiger partial charge < -0.3 is 10.6 Å². The van der Waals surface area contributed by atoms with Crippen molar-refractivity contribution in [2.75, 3.05) is 13.1 Å². The first kappa shape index (κ1) is 15.2.